The summed E-state index contributed by atoms with van der Waals surface area (Å²) >= 11 is 0. The Labute approximate surface area is 130 Å². The van der Waals surface area contributed by atoms with Crippen LogP contribution in [0.15, 0.2) is 42.6 Å². The highest BCUT2D eigenvalue weighted by molar-refractivity contribution is 5.78. The number of benzene rings is 1. The van der Waals surface area contributed by atoms with Crippen molar-refractivity contribution in [1.82, 2.24) is 15.3 Å². The Bertz CT molecular complexity index is 553. The van der Waals surface area contributed by atoms with E-state index in [4.69, 9.17) is 0 Å². The van der Waals surface area contributed by atoms with Crippen molar-refractivity contribution in [3.05, 3.63) is 48.2 Å². The SMILES string of the molecule is O=CN1CC[NH+](CC(=O)N2NC=C[C@H]2c2ccccc2)CC1. The zero-order chi connectivity index (χ0) is 15.4. The van der Waals surface area contributed by atoms with E-state index in [1.165, 1.54) is 4.90 Å². The maximum atomic E-state index is 12.6. The van der Waals surface area contributed by atoms with Gasteiger partial charge < -0.3 is 15.2 Å². The van der Waals surface area contributed by atoms with Crippen molar-refractivity contribution in [2.24, 2.45) is 0 Å². The van der Waals surface area contributed by atoms with Gasteiger partial charge >= 0.3 is 0 Å². The fraction of sp³-hybridized carbons (Fsp3) is 0.375. The van der Waals surface area contributed by atoms with Gasteiger partial charge in [-0.25, -0.2) is 5.01 Å². The second-order valence-electron chi connectivity index (χ2n) is 5.68. The van der Waals surface area contributed by atoms with Crippen LogP contribution in [0, 0.1) is 0 Å². The minimum Gasteiger partial charge on any atom is -0.334 e. The molecule has 1 atom stereocenters. The minimum absolute atomic E-state index is 0.0515. The van der Waals surface area contributed by atoms with Crippen LogP contribution in [-0.4, -0.2) is 54.9 Å². The van der Waals surface area contributed by atoms with Crippen LogP contribution in [0.5, 0.6) is 0 Å². The molecular weight excluding hydrogens is 280 g/mol. The van der Waals surface area contributed by atoms with Crippen molar-refractivity contribution in [2.45, 2.75) is 6.04 Å². The molecule has 2 N–H and O–H groups in total. The second-order valence-corrected chi connectivity index (χ2v) is 5.68. The highest BCUT2D eigenvalue weighted by atomic mass is 16.2. The first kappa shape index (κ1) is 14.6. The van der Waals surface area contributed by atoms with Crippen molar-refractivity contribution in [3.63, 3.8) is 0 Å². The highest BCUT2D eigenvalue weighted by Crippen LogP contribution is 2.23. The van der Waals surface area contributed by atoms with Gasteiger partial charge in [0, 0.05) is 6.20 Å². The van der Waals surface area contributed by atoms with Crippen molar-refractivity contribution >= 4 is 12.3 Å². The summed E-state index contributed by atoms with van der Waals surface area (Å²) in [5.41, 5.74) is 4.13. The number of rotatable bonds is 4. The molecule has 22 heavy (non-hydrogen) atoms. The number of nitrogens with one attached hydrogen (secondary N) is 2. The Morgan fingerprint density at radius 2 is 2.00 bits per heavy atom. The lowest BCUT2D eigenvalue weighted by Crippen LogP contribution is -3.15. The molecule has 2 aliphatic rings. The molecule has 1 aromatic rings. The van der Waals surface area contributed by atoms with Crippen molar-refractivity contribution < 1.29 is 14.5 Å². The van der Waals surface area contributed by atoms with Crippen molar-refractivity contribution in [1.29, 1.82) is 0 Å². The molecule has 116 valence electrons. The van der Waals surface area contributed by atoms with Crippen molar-refractivity contribution in [3.8, 4) is 0 Å². The number of nitrogens with zero attached hydrogens (tertiary/aromatic N) is 2. The van der Waals surface area contributed by atoms with Gasteiger partial charge in [0.2, 0.25) is 6.41 Å². The van der Waals surface area contributed by atoms with Crippen LogP contribution in [0.1, 0.15) is 11.6 Å². The van der Waals surface area contributed by atoms with Crippen LogP contribution in [0.25, 0.3) is 0 Å². The van der Waals surface area contributed by atoms with E-state index < -0.39 is 0 Å². The van der Waals surface area contributed by atoms with Gasteiger partial charge in [-0.1, -0.05) is 30.3 Å². The number of carbonyl (C=O) groups excluding carboxylic acids is 2. The number of quaternary nitrogens is 1. The van der Waals surface area contributed by atoms with Gasteiger partial charge in [0.05, 0.1) is 32.2 Å². The first-order valence-corrected chi connectivity index (χ1v) is 7.60. The third-order valence-corrected chi connectivity index (χ3v) is 4.24. The number of amides is 2. The number of hydrazine groups is 1. The van der Waals surface area contributed by atoms with E-state index in [2.05, 4.69) is 5.43 Å². The number of hydrogen-bond donors (Lipinski definition) is 2. The van der Waals surface area contributed by atoms with E-state index in [1.54, 1.807) is 9.91 Å². The van der Waals surface area contributed by atoms with Crippen LogP contribution in [0.2, 0.25) is 0 Å². The molecule has 0 saturated carbocycles. The summed E-state index contributed by atoms with van der Waals surface area (Å²) in [6.45, 7) is 3.54. The van der Waals surface area contributed by atoms with Crippen LogP contribution in [0.3, 0.4) is 0 Å². The number of hydrogen-bond acceptors (Lipinski definition) is 3. The van der Waals surface area contributed by atoms with Crippen LogP contribution < -0.4 is 10.3 Å². The smallest absolute Gasteiger partial charge is 0.296 e. The van der Waals surface area contributed by atoms with Crippen molar-refractivity contribution in [2.75, 3.05) is 32.7 Å². The maximum Gasteiger partial charge on any atom is 0.296 e. The normalized spacial score (nSPS) is 21.7. The second kappa shape index (κ2) is 6.62. The topological polar surface area (TPSA) is 57.1 Å². The lowest BCUT2D eigenvalue weighted by Gasteiger charge is -2.31. The molecule has 0 spiro atoms. The fourth-order valence-electron chi connectivity index (χ4n) is 2.94. The lowest BCUT2D eigenvalue weighted by atomic mass is 10.1. The summed E-state index contributed by atoms with van der Waals surface area (Å²) in [7, 11) is 0. The standard InChI is InChI=1S/C16H20N4O2/c21-13-19-10-8-18(9-11-19)12-16(22)20-15(6-7-17-20)14-4-2-1-3-5-14/h1-7,13,15,17H,8-12H2/p+1/t15-/m0/s1. The zero-order valence-corrected chi connectivity index (χ0v) is 12.4. The summed E-state index contributed by atoms with van der Waals surface area (Å²) < 4.78 is 0. The Balaban J connectivity index is 1.59. The summed E-state index contributed by atoms with van der Waals surface area (Å²) in [4.78, 5) is 26.3. The van der Waals surface area contributed by atoms with Crippen LogP contribution >= 0.6 is 0 Å². The fourth-order valence-corrected chi connectivity index (χ4v) is 2.94. The molecule has 0 radical (unpaired) electrons. The monoisotopic (exact) mass is 301 g/mol. The average Bonchev–Trinajstić information content (AvgIpc) is 3.06. The first-order valence-electron chi connectivity index (χ1n) is 7.60. The largest absolute Gasteiger partial charge is 0.334 e. The molecule has 0 unspecified atom stereocenters. The lowest BCUT2D eigenvalue weighted by molar-refractivity contribution is -0.896. The predicted octanol–water partition coefficient (Wildman–Crippen LogP) is -1.05. The highest BCUT2D eigenvalue weighted by Gasteiger charge is 2.30. The van der Waals surface area contributed by atoms with Gasteiger partial charge in [0.15, 0.2) is 6.54 Å². The molecule has 1 aromatic carbocycles. The van der Waals surface area contributed by atoms with Gasteiger partial charge in [0.25, 0.3) is 5.91 Å². The molecule has 3 rings (SSSR count). The summed E-state index contributed by atoms with van der Waals surface area (Å²) in [6.07, 6.45) is 4.69. The Kier molecular flexibility index (Phi) is 4.39. The Morgan fingerprint density at radius 3 is 2.68 bits per heavy atom. The number of carbonyl (C=O) groups is 2. The third kappa shape index (κ3) is 3.12. The Morgan fingerprint density at radius 1 is 1.27 bits per heavy atom. The van der Waals surface area contributed by atoms with Crippen LogP contribution in [-0.2, 0) is 9.59 Å². The van der Waals surface area contributed by atoms with E-state index in [0.29, 0.717) is 6.54 Å². The molecule has 6 heteroatoms. The molecular formula is C16H21N4O2+. The average molecular weight is 301 g/mol. The van der Waals surface area contributed by atoms with E-state index in [0.717, 1.165) is 38.2 Å². The van der Waals surface area contributed by atoms with E-state index in [1.807, 2.05) is 42.6 Å². The quantitative estimate of drug-likeness (QED) is 0.698. The summed E-state index contributed by atoms with van der Waals surface area (Å²) in [5, 5.41) is 1.69. The third-order valence-electron chi connectivity index (χ3n) is 4.24. The molecule has 1 saturated heterocycles. The molecule has 0 aromatic heterocycles. The van der Waals surface area contributed by atoms with Crippen LogP contribution in [0.4, 0.5) is 0 Å². The van der Waals surface area contributed by atoms with Gasteiger partial charge in [-0.2, -0.15) is 0 Å². The van der Waals surface area contributed by atoms with Gasteiger partial charge in [0.1, 0.15) is 0 Å². The van der Waals surface area contributed by atoms with Gasteiger partial charge in [-0.15, -0.1) is 0 Å². The maximum absolute atomic E-state index is 12.6. The molecule has 0 bridgehead atoms. The molecule has 1 fully saturated rings. The van der Waals surface area contributed by atoms with E-state index in [9.17, 15) is 9.59 Å². The molecule has 0 aliphatic carbocycles. The van der Waals surface area contributed by atoms with Gasteiger partial charge in [-0.3, -0.25) is 9.59 Å². The molecule has 6 nitrogen and oxygen atoms in total. The molecule has 2 amide bonds. The molecule has 2 heterocycles. The number of piperazine rings is 1. The summed E-state index contributed by atoms with van der Waals surface area (Å²) in [6, 6.07) is 9.93. The summed E-state index contributed by atoms with van der Waals surface area (Å²) in [5.74, 6) is 0.0772. The van der Waals surface area contributed by atoms with E-state index >= 15 is 0 Å². The molecule has 2 aliphatic heterocycles. The van der Waals surface area contributed by atoms with E-state index in [-0.39, 0.29) is 11.9 Å². The zero-order valence-electron chi connectivity index (χ0n) is 12.4. The Hall–Kier alpha value is -2.34. The predicted molar refractivity (Wildman–Crippen MR) is 81.5 cm³/mol. The van der Waals surface area contributed by atoms with Gasteiger partial charge in [-0.05, 0) is 11.6 Å². The first-order chi connectivity index (χ1) is 10.8. The minimum atomic E-state index is -0.0515.